The molecule has 0 radical (unpaired) electrons. The van der Waals surface area contributed by atoms with Crippen LogP contribution in [-0.2, 0) is 4.79 Å². The summed E-state index contributed by atoms with van der Waals surface area (Å²) in [5, 5.41) is 3.12. The van der Waals surface area contributed by atoms with Crippen molar-refractivity contribution >= 4 is 5.91 Å². The van der Waals surface area contributed by atoms with Crippen LogP contribution in [0.15, 0.2) is 0 Å². The number of likely N-dealkylation sites (N-methyl/N-ethyl adjacent to an activating group) is 1. The number of nitrogens with two attached hydrogens (primary N) is 1. The van der Waals surface area contributed by atoms with Crippen LogP contribution in [0.25, 0.3) is 0 Å². The molecule has 0 aromatic rings. The normalized spacial score (nSPS) is 32.0. The highest BCUT2D eigenvalue weighted by molar-refractivity contribution is 5.75. The van der Waals surface area contributed by atoms with Gasteiger partial charge in [0.2, 0.25) is 5.91 Å². The minimum absolute atomic E-state index is 0.225. The van der Waals surface area contributed by atoms with E-state index < -0.39 is 0 Å². The SMILES string of the molecule is CN1CCCCC1CNC(=O)CCC1CCCC(N)C1. The van der Waals surface area contributed by atoms with Crippen LogP contribution < -0.4 is 11.1 Å². The molecule has 1 heterocycles. The average Bonchev–Trinajstić information content (AvgIpc) is 2.44. The molecule has 4 nitrogen and oxygen atoms in total. The number of hydrogen-bond acceptors (Lipinski definition) is 3. The van der Waals surface area contributed by atoms with Gasteiger partial charge in [-0.15, -0.1) is 0 Å². The van der Waals surface area contributed by atoms with Crippen molar-refractivity contribution in [2.24, 2.45) is 11.7 Å². The first-order chi connectivity index (χ1) is 9.65. The molecule has 0 spiro atoms. The predicted octanol–water partition coefficient (Wildman–Crippen LogP) is 1.88. The number of amides is 1. The summed E-state index contributed by atoms with van der Waals surface area (Å²) in [5.41, 5.74) is 6.00. The summed E-state index contributed by atoms with van der Waals surface area (Å²) in [5.74, 6) is 0.893. The molecule has 2 fully saturated rings. The lowest BCUT2D eigenvalue weighted by molar-refractivity contribution is -0.121. The summed E-state index contributed by atoms with van der Waals surface area (Å²) in [7, 11) is 2.17. The van der Waals surface area contributed by atoms with E-state index in [2.05, 4.69) is 17.3 Å². The second-order valence-corrected chi connectivity index (χ2v) is 6.77. The van der Waals surface area contributed by atoms with Crippen LogP contribution >= 0.6 is 0 Å². The second kappa shape index (κ2) is 7.99. The van der Waals surface area contributed by atoms with Gasteiger partial charge in [-0.05, 0) is 51.6 Å². The number of carbonyl (C=O) groups excluding carboxylic acids is 1. The smallest absolute Gasteiger partial charge is 0.220 e. The largest absolute Gasteiger partial charge is 0.355 e. The molecule has 2 aliphatic rings. The molecule has 0 bridgehead atoms. The molecule has 1 saturated heterocycles. The first kappa shape index (κ1) is 15.8. The van der Waals surface area contributed by atoms with E-state index in [1.165, 1.54) is 38.6 Å². The van der Waals surface area contributed by atoms with Crippen molar-refractivity contribution in [1.29, 1.82) is 0 Å². The third-order valence-electron chi connectivity index (χ3n) is 5.06. The van der Waals surface area contributed by atoms with Crippen molar-refractivity contribution in [2.45, 2.75) is 69.9 Å². The van der Waals surface area contributed by atoms with E-state index in [9.17, 15) is 4.79 Å². The van der Waals surface area contributed by atoms with Gasteiger partial charge in [0.25, 0.3) is 0 Å². The molecule has 20 heavy (non-hydrogen) atoms. The lowest BCUT2D eigenvalue weighted by Gasteiger charge is -2.32. The monoisotopic (exact) mass is 281 g/mol. The summed E-state index contributed by atoms with van der Waals surface area (Å²) < 4.78 is 0. The van der Waals surface area contributed by atoms with E-state index in [1.54, 1.807) is 0 Å². The van der Waals surface area contributed by atoms with Gasteiger partial charge in [-0.1, -0.05) is 19.3 Å². The molecule has 1 aliphatic heterocycles. The van der Waals surface area contributed by atoms with Gasteiger partial charge in [-0.2, -0.15) is 0 Å². The van der Waals surface area contributed by atoms with Gasteiger partial charge < -0.3 is 16.0 Å². The summed E-state index contributed by atoms with van der Waals surface area (Å²) in [6.45, 7) is 1.99. The van der Waals surface area contributed by atoms with Gasteiger partial charge in [0, 0.05) is 25.0 Å². The number of hydrogen-bond donors (Lipinski definition) is 2. The topological polar surface area (TPSA) is 58.4 Å². The molecule has 116 valence electrons. The highest BCUT2D eigenvalue weighted by Gasteiger charge is 2.21. The maximum absolute atomic E-state index is 12.0. The molecule has 2 rings (SSSR count). The van der Waals surface area contributed by atoms with Crippen LogP contribution in [-0.4, -0.2) is 43.0 Å². The van der Waals surface area contributed by atoms with E-state index in [0.717, 1.165) is 25.8 Å². The van der Waals surface area contributed by atoms with Gasteiger partial charge in [-0.3, -0.25) is 4.79 Å². The van der Waals surface area contributed by atoms with Crippen LogP contribution in [0.4, 0.5) is 0 Å². The van der Waals surface area contributed by atoms with Gasteiger partial charge in [-0.25, -0.2) is 0 Å². The van der Waals surface area contributed by atoms with E-state index in [4.69, 9.17) is 5.73 Å². The Morgan fingerprint density at radius 1 is 1.25 bits per heavy atom. The fourth-order valence-electron chi connectivity index (χ4n) is 3.65. The number of piperidine rings is 1. The molecule has 1 amide bonds. The number of likely N-dealkylation sites (tertiary alicyclic amines) is 1. The molecule has 3 N–H and O–H groups in total. The molecule has 1 saturated carbocycles. The zero-order valence-corrected chi connectivity index (χ0v) is 12.9. The van der Waals surface area contributed by atoms with Crippen molar-refractivity contribution in [3.63, 3.8) is 0 Å². The molecule has 3 unspecified atom stereocenters. The third-order valence-corrected chi connectivity index (χ3v) is 5.06. The van der Waals surface area contributed by atoms with Crippen molar-refractivity contribution in [2.75, 3.05) is 20.1 Å². The van der Waals surface area contributed by atoms with Crippen molar-refractivity contribution < 1.29 is 4.79 Å². The Balaban J connectivity index is 1.60. The van der Waals surface area contributed by atoms with Crippen LogP contribution in [0, 0.1) is 5.92 Å². The zero-order valence-electron chi connectivity index (χ0n) is 12.9. The first-order valence-electron chi connectivity index (χ1n) is 8.37. The zero-order chi connectivity index (χ0) is 14.4. The number of nitrogens with one attached hydrogen (secondary N) is 1. The molecular formula is C16H31N3O. The van der Waals surface area contributed by atoms with Crippen LogP contribution in [0.2, 0.25) is 0 Å². The lowest BCUT2D eigenvalue weighted by atomic mass is 9.83. The first-order valence-corrected chi connectivity index (χ1v) is 8.37. The van der Waals surface area contributed by atoms with E-state index >= 15 is 0 Å². The second-order valence-electron chi connectivity index (χ2n) is 6.77. The van der Waals surface area contributed by atoms with Gasteiger partial charge >= 0.3 is 0 Å². The molecule has 3 atom stereocenters. The Hall–Kier alpha value is -0.610. The van der Waals surface area contributed by atoms with Crippen LogP contribution in [0.1, 0.15) is 57.8 Å². The molecule has 0 aromatic carbocycles. The molecular weight excluding hydrogens is 250 g/mol. The summed E-state index contributed by atoms with van der Waals surface area (Å²) in [6, 6.07) is 0.906. The average molecular weight is 281 g/mol. The minimum atomic E-state index is 0.225. The number of nitrogens with zero attached hydrogens (tertiary/aromatic N) is 1. The summed E-state index contributed by atoms with van der Waals surface area (Å²) >= 11 is 0. The maximum atomic E-state index is 12.0. The van der Waals surface area contributed by atoms with E-state index in [1.807, 2.05) is 0 Å². The Morgan fingerprint density at radius 2 is 2.10 bits per heavy atom. The van der Waals surface area contributed by atoms with Gasteiger partial charge in [0.1, 0.15) is 0 Å². The Bertz CT molecular complexity index is 308. The minimum Gasteiger partial charge on any atom is -0.355 e. The number of carbonyl (C=O) groups is 1. The molecule has 4 heteroatoms. The Labute approximate surface area is 123 Å². The predicted molar refractivity (Wildman–Crippen MR) is 82.4 cm³/mol. The highest BCUT2D eigenvalue weighted by Crippen LogP contribution is 2.26. The van der Waals surface area contributed by atoms with Gasteiger partial charge in [0.05, 0.1) is 0 Å². The van der Waals surface area contributed by atoms with E-state index in [0.29, 0.717) is 24.4 Å². The Morgan fingerprint density at radius 3 is 2.85 bits per heavy atom. The fourth-order valence-corrected chi connectivity index (χ4v) is 3.65. The van der Waals surface area contributed by atoms with Crippen LogP contribution in [0.5, 0.6) is 0 Å². The summed E-state index contributed by atoms with van der Waals surface area (Å²) in [4.78, 5) is 14.3. The van der Waals surface area contributed by atoms with Crippen LogP contribution in [0.3, 0.4) is 0 Å². The maximum Gasteiger partial charge on any atom is 0.220 e. The number of rotatable bonds is 5. The molecule has 0 aromatic heterocycles. The van der Waals surface area contributed by atoms with E-state index in [-0.39, 0.29) is 5.91 Å². The van der Waals surface area contributed by atoms with Gasteiger partial charge in [0.15, 0.2) is 0 Å². The van der Waals surface area contributed by atoms with Crippen molar-refractivity contribution in [3.05, 3.63) is 0 Å². The lowest BCUT2D eigenvalue weighted by Crippen LogP contribution is -2.44. The Kier molecular flexibility index (Phi) is 6.30. The third kappa shape index (κ3) is 5.06. The summed E-state index contributed by atoms with van der Waals surface area (Å²) in [6.07, 6.45) is 10.3. The standard InChI is InChI=1S/C16H31N3O/c1-19-10-3-2-7-15(19)12-18-16(20)9-8-13-5-4-6-14(17)11-13/h13-15H,2-12,17H2,1H3,(H,18,20). The molecule has 1 aliphatic carbocycles. The highest BCUT2D eigenvalue weighted by atomic mass is 16.1. The van der Waals surface area contributed by atoms with Crippen molar-refractivity contribution in [1.82, 2.24) is 10.2 Å². The van der Waals surface area contributed by atoms with Crippen molar-refractivity contribution in [3.8, 4) is 0 Å². The quantitative estimate of drug-likeness (QED) is 0.809. The fraction of sp³-hybridized carbons (Fsp3) is 0.938.